The molecule has 0 saturated heterocycles. The Morgan fingerprint density at radius 1 is 1.29 bits per heavy atom. The molecule has 0 unspecified atom stereocenters. The summed E-state index contributed by atoms with van der Waals surface area (Å²) < 4.78 is 12.6. The highest BCUT2D eigenvalue weighted by atomic mass is 16.6. The fourth-order valence-electron chi connectivity index (χ4n) is 3.48. The van der Waals surface area contributed by atoms with Crippen LogP contribution in [0.25, 0.3) is 16.9 Å². The third kappa shape index (κ3) is 3.25. The van der Waals surface area contributed by atoms with Gasteiger partial charge in [-0.2, -0.15) is 0 Å². The molecule has 0 aromatic carbocycles. The van der Waals surface area contributed by atoms with E-state index in [1.165, 1.54) is 0 Å². The molecule has 1 fully saturated rings. The Morgan fingerprint density at radius 2 is 2.00 bits per heavy atom. The monoisotopic (exact) mass is 379 g/mol. The minimum Gasteiger partial charge on any atom is -0.443 e. The summed E-state index contributed by atoms with van der Waals surface area (Å²) in [6.07, 6.45) is 5.61. The van der Waals surface area contributed by atoms with Crippen molar-refractivity contribution in [1.29, 1.82) is 0 Å². The molecule has 0 amide bonds. The Kier molecular flexibility index (Phi) is 4.20. The number of fused-ring (bicyclic) bond motifs is 1. The number of hydrogen-bond acceptors (Lipinski definition) is 5. The van der Waals surface area contributed by atoms with Crippen molar-refractivity contribution in [2.45, 2.75) is 65.9 Å². The Bertz CT molecular complexity index is 1140. The normalized spacial score (nSPS) is 16.4. The summed E-state index contributed by atoms with van der Waals surface area (Å²) in [5, 5.41) is 5.46. The predicted molar refractivity (Wildman–Crippen MR) is 106 cm³/mol. The minimum atomic E-state index is -0.581. The molecule has 2 aliphatic carbocycles. The van der Waals surface area contributed by atoms with Gasteiger partial charge in [-0.05, 0) is 77.7 Å². The summed E-state index contributed by atoms with van der Waals surface area (Å²) in [6, 6.07) is 0. The number of carbonyl (C=O) groups excluding carboxylic acids is 1. The van der Waals surface area contributed by atoms with Gasteiger partial charge >= 0.3 is 6.09 Å². The van der Waals surface area contributed by atoms with Crippen molar-refractivity contribution in [3.8, 4) is 0 Å². The SMILES string of the molecule is CC1=c2nc(C3CC3)n(C(=O)OC(C)(C)C)c2=C=CC(c2c(C)noc2C)=C1. The smallest absolute Gasteiger partial charge is 0.421 e. The predicted octanol–water partition coefficient (Wildman–Crippen LogP) is 3.35. The molecule has 0 N–H and O–H groups in total. The van der Waals surface area contributed by atoms with E-state index in [-0.39, 0.29) is 0 Å². The maximum absolute atomic E-state index is 13.0. The molecule has 0 atom stereocenters. The highest BCUT2D eigenvalue weighted by Gasteiger charge is 2.33. The zero-order chi connectivity index (χ0) is 20.2. The standard InChI is InChI=1S/C22H25N3O3/c1-12-11-16(18-13(2)24-28-14(18)3)9-10-17-19(12)23-20(15-7-8-15)25(17)21(26)27-22(4,5)6/h9,11,15H,7-8H2,1-6H3. The summed E-state index contributed by atoms with van der Waals surface area (Å²) in [5.41, 5.74) is 6.40. The van der Waals surface area contributed by atoms with Crippen molar-refractivity contribution in [3.05, 3.63) is 45.7 Å². The number of aromatic nitrogens is 3. The van der Waals surface area contributed by atoms with Gasteiger partial charge < -0.3 is 9.26 Å². The van der Waals surface area contributed by atoms with Gasteiger partial charge in [-0.1, -0.05) is 10.9 Å². The molecule has 2 aromatic rings. The number of imidazole rings is 1. The summed E-state index contributed by atoms with van der Waals surface area (Å²) in [6.45, 7) is 11.4. The van der Waals surface area contributed by atoms with Crippen molar-refractivity contribution < 1.29 is 14.1 Å². The van der Waals surface area contributed by atoms with Gasteiger partial charge in [0, 0.05) is 11.5 Å². The van der Waals surface area contributed by atoms with Gasteiger partial charge in [-0.15, -0.1) is 0 Å². The fourth-order valence-corrected chi connectivity index (χ4v) is 3.48. The molecule has 4 rings (SSSR count). The van der Waals surface area contributed by atoms with Gasteiger partial charge in [-0.25, -0.2) is 14.3 Å². The van der Waals surface area contributed by atoms with Crippen LogP contribution in [-0.4, -0.2) is 26.4 Å². The summed E-state index contributed by atoms with van der Waals surface area (Å²) in [4.78, 5) is 17.8. The van der Waals surface area contributed by atoms with E-state index in [0.717, 1.165) is 52.2 Å². The van der Waals surface area contributed by atoms with Gasteiger partial charge in [0.25, 0.3) is 0 Å². The number of allylic oxidation sites excluding steroid dienone is 3. The molecule has 0 aliphatic heterocycles. The van der Waals surface area contributed by atoms with E-state index in [4.69, 9.17) is 14.2 Å². The average Bonchev–Trinajstić information content (AvgIpc) is 3.30. The summed E-state index contributed by atoms with van der Waals surface area (Å²) in [5.74, 6) is 1.83. The third-order valence-electron chi connectivity index (χ3n) is 4.85. The topological polar surface area (TPSA) is 70.2 Å². The van der Waals surface area contributed by atoms with Crippen molar-refractivity contribution in [2.24, 2.45) is 0 Å². The Morgan fingerprint density at radius 3 is 2.57 bits per heavy atom. The Hall–Kier alpha value is -2.85. The van der Waals surface area contributed by atoms with Crippen LogP contribution < -0.4 is 10.7 Å². The fraction of sp³-hybridized carbons (Fsp3) is 0.455. The summed E-state index contributed by atoms with van der Waals surface area (Å²) in [7, 11) is 0. The van der Waals surface area contributed by atoms with E-state index in [9.17, 15) is 4.79 Å². The molecule has 2 aromatic heterocycles. The van der Waals surface area contributed by atoms with E-state index in [1.54, 1.807) is 4.57 Å². The number of aryl methyl sites for hydroxylation is 2. The van der Waals surface area contributed by atoms with Crippen molar-refractivity contribution >= 4 is 23.0 Å². The molecule has 0 spiro atoms. The lowest BCUT2D eigenvalue weighted by molar-refractivity contribution is 0.0527. The van der Waals surface area contributed by atoms with Crippen LogP contribution in [0.1, 0.15) is 69.3 Å². The summed E-state index contributed by atoms with van der Waals surface area (Å²) >= 11 is 0. The van der Waals surface area contributed by atoms with Gasteiger partial charge in [0.15, 0.2) is 0 Å². The van der Waals surface area contributed by atoms with E-state index in [1.807, 2.05) is 47.6 Å². The lowest BCUT2D eigenvalue weighted by Crippen LogP contribution is -2.37. The first-order valence-corrected chi connectivity index (χ1v) is 9.60. The molecule has 6 heteroatoms. The van der Waals surface area contributed by atoms with E-state index in [2.05, 4.69) is 17.0 Å². The highest BCUT2D eigenvalue weighted by Crippen LogP contribution is 2.38. The van der Waals surface area contributed by atoms with Gasteiger partial charge in [-0.3, -0.25) is 0 Å². The lowest BCUT2D eigenvalue weighted by Gasteiger charge is -2.20. The van der Waals surface area contributed by atoms with Crippen molar-refractivity contribution in [1.82, 2.24) is 14.7 Å². The number of rotatable bonds is 2. The van der Waals surface area contributed by atoms with E-state index >= 15 is 0 Å². The second kappa shape index (κ2) is 6.35. The highest BCUT2D eigenvalue weighted by molar-refractivity contribution is 5.85. The van der Waals surface area contributed by atoms with Gasteiger partial charge in [0.1, 0.15) is 27.9 Å². The first-order chi connectivity index (χ1) is 13.2. The quantitative estimate of drug-likeness (QED) is 0.800. The third-order valence-corrected chi connectivity index (χ3v) is 4.85. The van der Waals surface area contributed by atoms with E-state index < -0.39 is 11.7 Å². The first kappa shape index (κ1) is 18.5. The average molecular weight is 379 g/mol. The maximum Gasteiger partial charge on any atom is 0.421 e. The second-order valence-electron chi connectivity index (χ2n) is 8.53. The largest absolute Gasteiger partial charge is 0.443 e. The van der Waals surface area contributed by atoms with Crippen LogP contribution in [0.5, 0.6) is 0 Å². The second-order valence-corrected chi connectivity index (χ2v) is 8.53. The molecule has 146 valence electrons. The van der Waals surface area contributed by atoms with Crippen LogP contribution in [0.15, 0.2) is 16.7 Å². The van der Waals surface area contributed by atoms with Gasteiger partial charge in [0.2, 0.25) is 0 Å². The van der Waals surface area contributed by atoms with Gasteiger partial charge in [0.05, 0.1) is 5.69 Å². The van der Waals surface area contributed by atoms with Crippen LogP contribution in [-0.2, 0) is 4.74 Å². The Labute approximate surface area is 163 Å². The molecule has 0 radical (unpaired) electrons. The van der Waals surface area contributed by atoms with Crippen LogP contribution in [0.3, 0.4) is 0 Å². The molecule has 0 bridgehead atoms. The molecule has 6 nitrogen and oxygen atoms in total. The lowest BCUT2D eigenvalue weighted by atomic mass is 10.0. The zero-order valence-electron chi connectivity index (χ0n) is 17.2. The molecular formula is C22H25N3O3. The number of ether oxygens (including phenoxy) is 1. The molecule has 2 heterocycles. The van der Waals surface area contributed by atoms with Crippen LogP contribution in [0.4, 0.5) is 4.79 Å². The van der Waals surface area contributed by atoms with Crippen LogP contribution >= 0.6 is 0 Å². The molecular weight excluding hydrogens is 354 g/mol. The molecule has 28 heavy (non-hydrogen) atoms. The molecule has 1 saturated carbocycles. The Balaban J connectivity index is 1.94. The number of carbonyl (C=O) groups is 1. The number of hydrogen-bond donors (Lipinski definition) is 0. The van der Waals surface area contributed by atoms with Crippen molar-refractivity contribution in [2.75, 3.05) is 0 Å². The zero-order valence-corrected chi connectivity index (χ0v) is 17.2. The molecule has 2 aliphatic rings. The minimum absolute atomic E-state index is 0.306. The number of nitrogens with zero attached hydrogens (tertiary/aromatic N) is 3. The van der Waals surface area contributed by atoms with Crippen molar-refractivity contribution in [3.63, 3.8) is 0 Å². The van der Waals surface area contributed by atoms with Crippen LogP contribution in [0.2, 0.25) is 0 Å². The van der Waals surface area contributed by atoms with Crippen LogP contribution in [0, 0.1) is 13.8 Å². The first-order valence-electron chi connectivity index (χ1n) is 9.60. The maximum atomic E-state index is 13.0. The van der Waals surface area contributed by atoms with E-state index in [0.29, 0.717) is 11.3 Å².